The van der Waals surface area contributed by atoms with Crippen LogP contribution in [0, 0.1) is 0 Å². The van der Waals surface area contributed by atoms with Crippen LogP contribution in [0.4, 0.5) is 0 Å². The molecule has 1 aliphatic heterocycles. The molecule has 1 heterocycles. The van der Waals surface area contributed by atoms with Gasteiger partial charge in [0.05, 0.1) is 6.61 Å². The number of rotatable bonds is 4. The predicted molar refractivity (Wildman–Crippen MR) is 79.3 cm³/mol. The van der Waals surface area contributed by atoms with Crippen molar-refractivity contribution in [3.63, 3.8) is 0 Å². The lowest BCUT2D eigenvalue weighted by Crippen LogP contribution is -2.59. The molecule has 2 N–H and O–H groups in total. The molecule has 1 fully saturated rings. The van der Waals surface area contributed by atoms with Gasteiger partial charge in [-0.3, -0.25) is 4.90 Å². The smallest absolute Gasteiger partial charge is 0.119 e. The van der Waals surface area contributed by atoms with E-state index in [2.05, 4.69) is 43.0 Å². The van der Waals surface area contributed by atoms with Crippen LogP contribution in [-0.4, -0.2) is 29.6 Å². The van der Waals surface area contributed by atoms with Crippen LogP contribution in [0.25, 0.3) is 0 Å². The van der Waals surface area contributed by atoms with Gasteiger partial charge in [0.25, 0.3) is 0 Å². The van der Waals surface area contributed by atoms with Crippen LogP contribution in [0.5, 0.6) is 5.75 Å². The van der Waals surface area contributed by atoms with Gasteiger partial charge in [-0.2, -0.15) is 0 Å². The molecule has 1 saturated heterocycles. The maximum atomic E-state index is 6.26. The summed E-state index contributed by atoms with van der Waals surface area (Å²) in [6.07, 6.45) is 2.33. The lowest BCUT2D eigenvalue weighted by molar-refractivity contribution is 0.0501. The van der Waals surface area contributed by atoms with E-state index in [0.717, 1.165) is 25.3 Å². The Kier molecular flexibility index (Phi) is 4.48. The minimum atomic E-state index is 0.0802. The van der Waals surface area contributed by atoms with Gasteiger partial charge < -0.3 is 10.5 Å². The molecule has 0 aliphatic carbocycles. The van der Waals surface area contributed by atoms with Crippen LogP contribution < -0.4 is 10.5 Å². The third-order valence-corrected chi connectivity index (χ3v) is 4.27. The molecule has 0 bridgehead atoms. The fourth-order valence-corrected chi connectivity index (χ4v) is 2.74. The lowest BCUT2D eigenvalue weighted by atomic mass is 9.85. The van der Waals surface area contributed by atoms with Gasteiger partial charge in [-0.15, -0.1) is 0 Å². The van der Waals surface area contributed by atoms with Gasteiger partial charge in [-0.1, -0.05) is 12.1 Å². The summed E-state index contributed by atoms with van der Waals surface area (Å²) in [6, 6.07) is 8.68. The molecular weight excluding hydrogens is 236 g/mol. The lowest BCUT2D eigenvalue weighted by Gasteiger charge is -2.46. The Morgan fingerprint density at radius 2 is 2.00 bits per heavy atom. The minimum absolute atomic E-state index is 0.0802. The van der Waals surface area contributed by atoms with Crippen molar-refractivity contribution in [2.45, 2.75) is 51.7 Å². The van der Waals surface area contributed by atoms with Crippen molar-refractivity contribution in [1.29, 1.82) is 0 Å². The normalized spacial score (nSPS) is 23.3. The number of nitrogens with zero attached hydrogens (tertiary/aromatic N) is 1. The van der Waals surface area contributed by atoms with Crippen molar-refractivity contribution in [3.05, 3.63) is 29.8 Å². The van der Waals surface area contributed by atoms with Crippen LogP contribution in [-0.2, 0) is 6.54 Å². The Balaban J connectivity index is 2.03. The van der Waals surface area contributed by atoms with E-state index in [9.17, 15) is 0 Å². The Labute approximate surface area is 116 Å². The third kappa shape index (κ3) is 3.28. The Morgan fingerprint density at radius 1 is 1.32 bits per heavy atom. The zero-order chi connectivity index (χ0) is 13.9. The first-order valence-corrected chi connectivity index (χ1v) is 7.26. The summed E-state index contributed by atoms with van der Waals surface area (Å²) in [4.78, 5) is 2.50. The zero-order valence-corrected chi connectivity index (χ0v) is 12.4. The Morgan fingerprint density at radius 3 is 2.63 bits per heavy atom. The van der Waals surface area contributed by atoms with Gasteiger partial charge in [-0.25, -0.2) is 0 Å². The first-order valence-electron chi connectivity index (χ1n) is 7.26. The molecule has 106 valence electrons. The maximum Gasteiger partial charge on any atom is 0.119 e. The van der Waals surface area contributed by atoms with Crippen molar-refractivity contribution in [1.82, 2.24) is 4.90 Å². The summed E-state index contributed by atoms with van der Waals surface area (Å²) in [5.74, 6) is 0.945. The Hall–Kier alpha value is -1.06. The SMILES string of the molecule is CCOc1ccc(CN2CCCC(N)C2(C)C)cc1. The van der Waals surface area contributed by atoms with E-state index in [4.69, 9.17) is 10.5 Å². The van der Waals surface area contributed by atoms with E-state index in [-0.39, 0.29) is 11.6 Å². The highest BCUT2D eigenvalue weighted by atomic mass is 16.5. The summed E-state index contributed by atoms with van der Waals surface area (Å²) in [6.45, 7) is 9.33. The molecule has 1 aliphatic rings. The molecule has 0 spiro atoms. The van der Waals surface area contributed by atoms with E-state index in [0.29, 0.717) is 6.61 Å². The second kappa shape index (κ2) is 5.93. The molecule has 0 radical (unpaired) electrons. The van der Waals surface area contributed by atoms with Crippen LogP contribution >= 0.6 is 0 Å². The van der Waals surface area contributed by atoms with Gasteiger partial charge in [-0.05, 0) is 57.9 Å². The average Bonchev–Trinajstić information content (AvgIpc) is 2.38. The monoisotopic (exact) mass is 262 g/mol. The van der Waals surface area contributed by atoms with Gasteiger partial charge in [0.2, 0.25) is 0 Å². The molecule has 2 rings (SSSR count). The standard InChI is InChI=1S/C16H26N2O/c1-4-19-14-9-7-13(8-10-14)12-18-11-5-6-15(17)16(18,2)3/h7-10,15H,4-6,11-12,17H2,1-3H3. The largest absolute Gasteiger partial charge is 0.494 e. The fourth-order valence-electron chi connectivity index (χ4n) is 2.74. The van der Waals surface area contributed by atoms with Gasteiger partial charge >= 0.3 is 0 Å². The van der Waals surface area contributed by atoms with Crippen LogP contribution in [0.3, 0.4) is 0 Å². The highest BCUT2D eigenvalue weighted by Gasteiger charge is 2.35. The maximum absolute atomic E-state index is 6.26. The molecule has 0 aromatic heterocycles. The van der Waals surface area contributed by atoms with E-state index in [1.165, 1.54) is 12.0 Å². The van der Waals surface area contributed by atoms with Crippen LogP contribution in [0.1, 0.15) is 39.2 Å². The first kappa shape index (κ1) is 14.4. The van der Waals surface area contributed by atoms with E-state index >= 15 is 0 Å². The summed E-state index contributed by atoms with van der Waals surface area (Å²) < 4.78 is 5.48. The molecule has 1 aromatic carbocycles. The molecular formula is C16H26N2O. The number of nitrogens with two attached hydrogens (primary N) is 1. The molecule has 19 heavy (non-hydrogen) atoms. The third-order valence-electron chi connectivity index (χ3n) is 4.27. The Bertz CT molecular complexity index is 400. The number of likely N-dealkylation sites (tertiary alicyclic amines) is 1. The van der Waals surface area contributed by atoms with Crippen molar-refractivity contribution < 1.29 is 4.74 Å². The van der Waals surface area contributed by atoms with Crippen molar-refractivity contribution in [2.75, 3.05) is 13.2 Å². The highest BCUT2D eigenvalue weighted by molar-refractivity contribution is 5.27. The van der Waals surface area contributed by atoms with Crippen LogP contribution in [0.15, 0.2) is 24.3 Å². The minimum Gasteiger partial charge on any atom is -0.494 e. The molecule has 1 aromatic rings. The first-order chi connectivity index (χ1) is 9.04. The molecule has 3 nitrogen and oxygen atoms in total. The second-order valence-corrected chi connectivity index (χ2v) is 5.90. The van der Waals surface area contributed by atoms with Crippen molar-refractivity contribution >= 4 is 0 Å². The van der Waals surface area contributed by atoms with Crippen molar-refractivity contribution in [3.8, 4) is 5.75 Å². The summed E-state index contributed by atoms with van der Waals surface area (Å²) in [7, 11) is 0. The summed E-state index contributed by atoms with van der Waals surface area (Å²) in [5.41, 5.74) is 7.66. The summed E-state index contributed by atoms with van der Waals surface area (Å²) >= 11 is 0. The molecule has 3 heteroatoms. The van der Waals surface area contributed by atoms with E-state index < -0.39 is 0 Å². The van der Waals surface area contributed by atoms with E-state index in [1.54, 1.807) is 0 Å². The quantitative estimate of drug-likeness (QED) is 0.907. The van der Waals surface area contributed by atoms with Gasteiger partial charge in [0.1, 0.15) is 5.75 Å². The second-order valence-electron chi connectivity index (χ2n) is 5.90. The number of hydrogen-bond donors (Lipinski definition) is 1. The average molecular weight is 262 g/mol. The predicted octanol–water partition coefficient (Wildman–Crippen LogP) is 2.79. The number of ether oxygens (including phenoxy) is 1. The topological polar surface area (TPSA) is 38.5 Å². The fraction of sp³-hybridized carbons (Fsp3) is 0.625. The number of hydrogen-bond acceptors (Lipinski definition) is 3. The summed E-state index contributed by atoms with van der Waals surface area (Å²) in [5, 5.41) is 0. The number of benzene rings is 1. The molecule has 1 atom stereocenters. The molecule has 1 unspecified atom stereocenters. The van der Waals surface area contributed by atoms with Gasteiger partial charge in [0, 0.05) is 18.1 Å². The zero-order valence-electron chi connectivity index (χ0n) is 12.4. The van der Waals surface area contributed by atoms with Crippen LogP contribution in [0.2, 0.25) is 0 Å². The molecule has 0 saturated carbocycles. The van der Waals surface area contributed by atoms with E-state index in [1.807, 2.05) is 6.92 Å². The highest BCUT2D eigenvalue weighted by Crippen LogP contribution is 2.28. The molecule has 0 amide bonds. The van der Waals surface area contributed by atoms with Gasteiger partial charge in [0.15, 0.2) is 0 Å². The number of piperidine rings is 1. The van der Waals surface area contributed by atoms with Crippen molar-refractivity contribution in [2.24, 2.45) is 5.73 Å².